The molecule has 4 nitrogen and oxygen atoms in total. The summed E-state index contributed by atoms with van der Waals surface area (Å²) in [4.78, 5) is 7.36. The van der Waals surface area contributed by atoms with Gasteiger partial charge in [0.05, 0.1) is 0 Å². The average molecular weight is 239 g/mol. The summed E-state index contributed by atoms with van der Waals surface area (Å²) in [5.74, 6) is 0.805. The third-order valence-electron chi connectivity index (χ3n) is 3.48. The normalized spacial score (nSPS) is 24.6. The smallest absolute Gasteiger partial charge is 0.217 e. The fraction of sp³-hybridized carbons (Fsp3) is 0.667. The van der Waals surface area contributed by atoms with Crippen LogP contribution in [0.1, 0.15) is 25.7 Å². The molecule has 0 aromatic carbocycles. The summed E-state index contributed by atoms with van der Waals surface area (Å²) in [5, 5.41) is 12.4. The highest BCUT2D eigenvalue weighted by atomic mass is 19.1. The van der Waals surface area contributed by atoms with E-state index in [4.69, 9.17) is 0 Å². The van der Waals surface area contributed by atoms with E-state index in [1.54, 1.807) is 0 Å². The third-order valence-corrected chi connectivity index (χ3v) is 3.48. The molecule has 1 aliphatic rings. The molecule has 1 aromatic rings. The van der Waals surface area contributed by atoms with Crippen molar-refractivity contribution in [3.8, 4) is 0 Å². The second kappa shape index (κ2) is 5.91. The molecule has 0 bridgehead atoms. The van der Waals surface area contributed by atoms with E-state index in [2.05, 4.69) is 15.3 Å². The van der Waals surface area contributed by atoms with Gasteiger partial charge in [0.25, 0.3) is 0 Å². The largest absolute Gasteiger partial charge is 0.396 e. The maximum absolute atomic E-state index is 12.8. The molecule has 0 amide bonds. The number of halogens is 1. The van der Waals surface area contributed by atoms with Gasteiger partial charge in [-0.15, -0.1) is 0 Å². The van der Waals surface area contributed by atoms with E-state index in [1.807, 2.05) is 0 Å². The van der Waals surface area contributed by atoms with Gasteiger partial charge in [-0.2, -0.15) is 4.39 Å². The zero-order chi connectivity index (χ0) is 12.1. The summed E-state index contributed by atoms with van der Waals surface area (Å²) in [7, 11) is 0. The molecule has 5 heteroatoms. The highest BCUT2D eigenvalue weighted by Gasteiger charge is 2.24. The predicted octanol–water partition coefficient (Wildman–Crippen LogP) is 1.83. The van der Waals surface area contributed by atoms with Crippen LogP contribution in [0.5, 0.6) is 0 Å². The topological polar surface area (TPSA) is 58.0 Å². The first-order valence-electron chi connectivity index (χ1n) is 6.12. The number of nitrogens with zero attached hydrogens (tertiary/aromatic N) is 2. The number of hydrogen-bond donors (Lipinski definition) is 2. The van der Waals surface area contributed by atoms with Crippen LogP contribution in [0, 0.1) is 17.8 Å². The van der Waals surface area contributed by atoms with Crippen molar-refractivity contribution in [3.63, 3.8) is 0 Å². The molecule has 2 rings (SSSR count). The van der Waals surface area contributed by atoms with Gasteiger partial charge >= 0.3 is 0 Å². The number of nitrogens with one attached hydrogen (secondary N) is 1. The Hall–Kier alpha value is -1.23. The summed E-state index contributed by atoms with van der Waals surface area (Å²) in [6.45, 7) is 0.978. The molecule has 94 valence electrons. The van der Waals surface area contributed by atoms with E-state index in [0.717, 1.165) is 19.4 Å². The molecular formula is C12H18FN3O. The number of aliphatic hydroxyl groups excluding tert-OH is 1. The van der Waals surface area contributed by atoms with E-state index in [1.165, 1.54) is 25.2 Å². The van der Waals surface area contributed by atoms with Crippen molar-refractivity contribution < 1.29 is 9.50 Å². The van der Waals surface area contributed by atoms with Crippen LogP contribution in [0.2, 0.25) is 0 Å². The van der Waals surface area contributed by atoms with Crippen LogP contribution in [0.3, 0.4) is 0 Å². The highest BCUT2D eigenvalue weighted by Crippen LogP contribution is 2.29. The van der Waals surface area contributed by atoms with E-state index < -0.39 is 5.95 Å². The molecule has 2 unspecified atom stereocenters. The Morgan fingerprint density at radius 2 is 2.06 bits per heavy atom. The summed E-state index contributed by atoms with van der Waals surface area (Å²) in [6.07, 6.45) is 5.82. The summed E-state index contributed by atoms with van der Waals surface area (Å²) in [5.41, 5.74) is 0. The molecule has 0 radical (unpaired) electrons. The van der Waals surface area contributed by atoms with Crippen LogP contribution in [-0.2, 0) is 0 Å². The monoisotopic (exact) mass is 239 g/mol. The quantitative estimate of drug-likeness (QED) is 0.787. The Kier molecular flexibility index (Phi) is 4.25. The van der Waals surface area contributed by atoms with Gasteiger partial charge in [-0.3, -0.25) is 0 Å². The molecule has 0 saturated heterocycles. The number of anilines is 1. The maximum Gasteiger partial charge on any atom is 0.217 e. The van der Waals surface area contributed by atoms with Gasteiger partial charge in [0.15, 0.2) is 0 Å². The number of rotatable bonds is 4. The summed E-state index contributed by atoms with van der Waals surface area (Å²) < 4.78 is 12.8. The number of aromatic nitrogens is 2. The minimum atomic E-state index is -0.523. The molecule has 1 aliphatic carbocycles. The van der Waals surface area contributed by atoms with Gasteiger partial charge in [0.1, 0.15) is 12.1 Å². The second-order valence-corrected chi connectivity index (χ2v) is 4.59. The fourth-order valence-corrected chi connectivity index (χ4v) is 2.46. The first kappa shape index (κ1) is 12.2. The van der Waals surface area contributed by atoms with Crippen molar-refractivity contribution in [2.24, 2.45) is 11.8 Å². The zero-order valence-corrected chi connectivity index (χ0v) is 9.77. The van der Waals surface area contributed by atoms with Crippen LogP contribution >= 0.6 is 0 Å². The molecule has 1 aromatic heterocycles. The molecular weight excluding hydrogens is 221 g/mol. The fourth-order valence-electron chi connectivity index (χ4n) is 2.46. The molecule has 1 saturated carbocycles. The highest BCUT2D eigenvalue weighted by molar-refractivity contribution is 5.32. The minimum Gasteiger partial charge on any atom is -0.396 e. The predicted molar refractivity (Wildman–Crippen MR) is 63.0 cm³/mol. The first-order valence-corrected chi connectivity index (χ1v) is 6.12. The van der Waals surface area contributed by atoms with E-state index in [-0.39, 0.29) is 6.61 Å². The van der Waals surface area contributed by atoms with Crippen molar-refractivity contribution in [2.75, 3.05) is 18.5 Å². The van der Waals surface area contributed by atoms with Gasteiger partial charge < -0.3 is 10.4 Å². The average Bonchev–Trinajstić information content (AvgIpc) is 2.37. The Bertz CT molecular complexity index is 361. The Labute approximate surface area is 100 Å². The lowest BCUT2D eigenvalue weighted by Gasteiger charge is -2.30. The molecule has 2 atom stereocenters. The maximum atomic E-state index is 12.8. The lowest BCUT2D eigenvalue weighted by Crippen LogP contribution is -2.28. The van der Waals surface area contributed by atoms with Crippen molar-refractivity contribution in [1.82, 2.24) is 9.97 Å². The molecule has 2 N–H and O–H groups in total. The number of hydrogen-bond acceptors (Lipinski definition) is 4. The van der Waals surface area contributed by atoms with Gasteiger partial charge in [0.2, 0.25) is 5.95 Å². The standard InChI is InChI=1S/C12H18FN3O/c13-11-5-12(16-8-15-11)14-6-9-3-1-2-4-10(9)7-17/h5,8-10,17H,1-4,6-7H2,(H,14,15,16). The van der Waals surface area contributed by atoms with Gasteiger partial charge in [-0.25, -0.2) is 9.97 Å². The van der Waals surface area contributed by atoms with Crippen LogP contribution in [0.25, 0.3) is 0 Å². The second-order valence-electron chi connectivity index (χ2n) is 4.59. The molecule has 1 heterocycles. The van der Waals surface area contributed by atoms with Crippen LogP contribution in [0.4, 0.5) is 10.2 Å². The van der Waals surface area contributed by atoms with Crippen LogP contribution in [0.15, 0.2) is 12.4 Å². The molecule has 17 heavy (non-hydrogen) atoms. The molecule has 0 spiro atoms. The van der Waals surface area contributed by atoms with Crippen molar-refractivity contribution in [1.29, 1.82) is 0 Å². The van der Waals surface area contributed by atoms with Gasteiger partial charge in [0, 0.05) is 19.2 Å². The molecule has 1 fully saturated rings. The SMILES string of the molecule is OCC1CCCCC1CNc1cc(F)ncn1. The Balaban J connectivity index is 1.88. The van der Waals surface area contributed by atoms with Crippen molar-refractivity contribution in [2.45, 2.75) is 25.7 Å². The summed E-state index contributed by atoms with van der Waals surface area (Å²) in [6, 6.07) is 1.29. The number of aliphatic hydroxyl groups is 1. The van der Waals surface area contributed by atoms with E-state index >= 15 is 0 Å². The summed E-state index contributed by atoms with van der Waals surface area (Å²) >= 11 is 0. The minimum absolute atomic E-state index is 0.241. The Morgan fingerprint density at radius 3 is 2.76 bits per heavy atom. The van der Waals surface area contributed by atoms with E-state index in [0.29, 0.717) is 17.7 Å². The third kappa shape index (κ3) is 3.36. The molecule has 0 aliphatic heterocycles. The first-order chi connectivity index (χ1) is 8.29. The van der Waals surface area contributed by atoms with Crippen molar-refractivity contribution in [3.05, 3.63) is 18.3 Å². The van der Waals surface area contributed by atoms with Crippen molar-refractivity contribution >= 4 is 5.82 Å². The van der Waals surface area contributed by atoms with Crippen LogP contribution < -0.4 is 5.32 Å². The lowest BCUT2D eigenvalue weighted by molar-refractivity contribution is 0.141. The van der Waals surface area contributed by atoms with Gasteiger partial charge in [-0.1, -0.05) is 12.8 Å². The lowest BCUT2D eigenvalue weighted by atomic mass is 9.79. The van der Waals surface area contributed by atoms with Gasteiger partial charge in [-0.05, 0) is 24.7 Å². The van der Waals surface area contributed by atoms with Crippen LogP contribution in [-0.4, -0.2) is 28.2 Å². The zero-order valence-electron chi connectivity index (χ0n) is 9.77. The Morgan fingerprint density at radius 1 is 1.29 bits per heavy atom. The van der Waals surface area contributed by atoms with E-state index in [9.17, 15) is 9.50 Å².